The molecule has 0 bridgehead atoms. The van der Waals surface area contributed by atoms with Crippen LogP contribution in [0.3, 0.4) is 0 Å². The average molecular weight is 310 g/mol. The third-order valence-corrected chi connectivity index (χ3v) is 5.61. The maximum Gasteiger partial charge on any atom is 0.211 e. The fourth-order valence-electron chi connectivity index (χ4n) is 2.94. The van der Waals surface area contributed by atoms with Crippen LogP contribution in [0.15, 0.2) is 30.3 Å². The molecular formula is C16H26N2O2S. The molecule has 4 nitrogen and oxygen atoms in total. The van der Waals surface area contributed by atoms with E-state index in [0.29, 0.717) is 25.0 Å². The van der Waals surface area contributed by atoms with Gasteiger partial charge in [0.2, 0.25) is 10.0 Å². The third-order valence-electron chi connectivity index (χ3n) is 4.31. The molecule has 118 valence electrons. The summed E-state index contributed by atoms with van der Waals surface area (Å²) in [6, 6.07) is 10.9. The standard InChI is InChI=1S/C16H26N2O2S/c1-3-16(15-7-5-4-6-8-15)17-13-14-9-11-18(12-10-14)21(2,19)20/h4-8,14,16-17H,3,9-13H2,1-2H3. The Kier molecular flexibility index (Phi) is 5.79. The molecule has 0 amide bonds. The van der Waals surface area contributed by atoms with Crippen LogP contribution >= 0.6 is 0 Å². The number of benzene rings is 1. The Labute approximate surface area is 128 Å². The van der Waals surface area contributed by atoms with Crippen molar-refractivity contribution in [3.05, 3.63) is 35.9 Å². The molecule has 2 rings (SSSR count). The molecule has 1 aromatic carbocycles. The van der Waals surface area contributed by atoms with Gasteiger partial charge in [-0.05, 0) is 37.3 Å². The van der Waals surface area contributed by atoms with Gasteiger partial charge in [-0.1, -0.05) is 37.3 Å². The summed E-state index contributed by atoms with van der Waals surface area (Å²) in [5.41, 5.74) is 1.33. The second kappa shape index (κ2) is 7.38. The Balaban J connectivity index is 1.81. The zero-order valence-electron chi connectivity index (χ0n) is 13.0. The van der Waals surface area contributed by atoms with E-state index in [1.807, 2.05) is 6.07 Å². The van der Waals surface area contributed by atoms with Crippen LogP contribution in [-0.4, -0.2) is 38.6 Å². The molecule has 0 aliphatic carbocycles. The summed E-state index contributed by atoms with van der Waals surface area (Å²) in [5.74, 6) is 0.570. The lowest BCUT2D eigenvalue weighted by atomic mass is 9.96. The zero-order chi connectivity index (χ0) is 15.3. The summed E-state index contributed by atoms with van der Waals surface area (Å²) in [6.45, 7) is 4.47. The lowest BCUT2D eigenvalue weighted by Crippen LogP contribution is -2.40. The van der Waals surface area contributed by atoms with Crippen LogP contribution in [-0.2, 0) is 10.0 Å². The first-order valence-corrected chi connectivity index (χ1v) is 9.59. The van der Waals surface area contributed by atoms with Crippen molar-refractivity contribution in [2.45, 2.75) is 32.2 Å². The largest absolute Gasteiger partial charge is 0.310 e. The van der Waals surface area contributed by atoms with E-state index in [1.165, 1.54) is 11.8 Å². The van der Waals surface area contributed by atoms with Crippen molar-refractivity contribution >= 4 is 10.0 Å². The molecule has 1 aliphatic rings. The predicted octanol–water partition coefficient (Wildman–Crippen LogP) is 2.40. The Morgan fingerprint density at radius 2 is 1.86 bits per heavy atom. The third kappa shape index (κ3) is 4.80. The van der Waals surface area contributed by atoms with E-state index >= 15 is 0 Å². The lowest BCUT2D eigenvalue weighted by Gasteiger charge is -2.31. The molecule has 0 aromatic heterocycles. The molecule has 1 unspecified atom stereocenters. The monoisotopic (exact) mass is 310 g/mol. The van der Waals surface area contributed by atoms with E-state index < -0.39 is 10.0 Å². The molecule has 1 aromatic rings. The smallest absolute Gasteiger partial charge is 0.211 e. The highest BCUT2D eigenvalue weighted by Gasteiger charge is 2.25. The minimum Gasteiger partial charge on any atom is -0.310 e. The van der Waals surface area contributed by atoms with E-state index in [2.05, 4.69) is 36.5 Å². The van der Waals surface area contributed by atoms with Gasteiger partial charge in [0.15, 0.2) is 0 Å². The van der Waals surface area contributed by atoms with Crippen LogP contribution < -0.4 is 5.32 Å². The van der Waals surface area contributed by atoms with Crippen molar-refractivity contribution in [2.75, 3.05) is 25.9 Å². The molecule has 1 heterocycles. The van der Waals surface area contributed by atoms with Gasteiger partial charge < -0.3 is 5.32 Å². The molecule has 1 N–H and O–H groups in total. The first-order chi connectivity index (χ1) is 10.0. The fourth-order valence-corrected chi connectivity index (χ4v) is 3.81. The van der Waals surface area contributed by atoms with Crippen molar-refractivity contribution in [3.63, 3.8) is 0 Å². The van der Waals surface area contributed by atoms with Gasteiger partial charge in [-0.2, -0.15) is 0 Å². The van der Waals surface area contributed by atoms with E-state index in [0.717, 1.165) is 25.8 Å². The second-order valence-corrected chi connectivity index (χ2v) is 7.87. The van der Waals surface area contributed by atoms with E-state index in [4.69, 9.17) is 0 Å². The van der Waals surface area contributed by atoms with Gasteiger partial charge in [0, 0.05) is 19.1 Å². The summed E-state index contributed by atoms with van der Waals surface area (Å²) in [4.78, 5) is 0. The highest BCUT2D eigenvalue weighted by atomic mass is 32.2. The van der Waals surface area contributed by atoms with Gasteiger partial charge in [0.25, 0.3) is 0 Å². The van der Waals surface area contributed by atoms with Crippen molar-refractivity contribution < 1.29 is 8.42 Å². The fraction of sp³-hybridized carbons (Fsp3) is 0.625. The topological polar surface area (TPSA) is 49.4 Å². The molecule has 1 aliphatic heterocycles. The molecule has 21 heavy (non-hydrogen) atoms. The summed E-state index contributed by atoms with van der Waals surface area (Å²) in [7, 11) is -3.02. The second-order valence-electron chi connectivity index (χ2n) is 5.89. The number of hydrogen-bond donors (Lipinski definition) is 1. The van der Waals surface area contributed by atoms with Crippen LogP contribution in [0.4, 0.5) is 0 Å². The molecule has 0 saturated carbocycles. The molecule has 1 fully saturated rings. The van der Waals surface area contributed by atoms with Crippen LogP contribution in [0, 0.1) is 5.92 Å². The highest BCUT2D eigenvalue weighted by Crippen LogP contribution is 2.21. The van der Waals surface area contributed by atoms with Gasteiger partial charge in [-0.25, -0.2) is 12.7 Å². The first kappa shape index (κ1) is 16.5. The van der Waals surface area contributed by atoms with Gasteiger partial charge >= 0.3 is 0 Å². The van der Waals surface area contributed by atoms with E-state index in [-0.39, 0.29) is 0 Å². The van der Waals surface area contributed by atoms with Crippen LogP contribution in [0.5, 0.6) is 0 Å². The number of rotatable bonds is 6. The molecule has 5 heteroatoms. The normalized spacial score (nSPS) is 19.5. The number of hydrogen-bond acceptors (Lipinski definition) is 3. The van der Waals surface area contributed by atoms with Crippen molar-refractivity contribution in [2.24, 2.45) is 5.92 Å². The Morgan fingerprint density at radius 1 is 1.24 bits per heavy atom. The average Bonchev–Trinajstić information content (AvgIpc) is 2.48. The van der Waals surface area contributed by atoms with Gasteiger partial charge in [0.05, 0.1) is 6.26 Å². The highest BCUT2D eigenvalue weighted by molar-refractivity contribution is 7.88. The minimum absolute atomic E-state index is 0.388. The Hall–Kier alpha value is -0.910. The van der Waals surface area contributed by atoms with E-state index in [9.17, 15) is 8.42 Å². The molecular weight excluding hydrogens is 284 g/mol. The summed E-state index contributed by atoms with van der Waals surface area (Å²) in [6.07, 6.45) is 4.26. The zero-order valence-corrected chi connectivity index (χ0v) is 13.8. The number of nitrogens with one attached hydrogen (secondary N) is 1. The van der Waals surface area contributed by atoms with Crippen molar-refractivity contribution in [1.29, 1.82) is 0 Å². The molecule has 1 atom stereocenters. The SMILES string of the molecule is CCC(NCC1CCN(S(C)(=O)=O)CC1)c1ccccc1. The maximum absolute atomic E-state index is 11.5. The quantitative estimate of drug-likeness (QED) is 0.878. The van der Waals surface area contributed by atoms with Gasteiger partial charge in [-0.3, -0.25) is 0 Å². The number of sulfonamides is 1. The van der Waals surface area contributed by atoms with Crippen molar-refractivity contribution in [3.8, 4) is 0 Å². The van der Waals surface area contributed by atoms with Gasteiger partial charge in [0.1, 0.15) is 0 Å². The number of piperidine rings is 1. The molecule has 1 saturated heterocycles. The van der Waals surface area contributed by atoms with Crippen LogP contribution in [0.2, 0.25) is 0 Å². The lowest BCUT2D eigenvalue weighted by molar-refractivity contribution is 0.262. The summed E-state index contributed by atoms with van der Waals surface area (Å²) in [5, 5.41) is 3.64. The maximum atomic E-state index is 11.5. The van der Waals surface area contributed by atoms with Crippen molar-refractivity contribution in [1.82, 2.24) is 9.62 Å². The predicted molar refractivity (Wildman–Crippen MR) is 86.6 cm³/mol. The van der Waals surface area contributed by atoms with E-state index in [1.54, 1.807) is 4.31 Å². The molecule has 0 spiro atoms. The Bertz CT molecular complexity index is 522. The van der Waals surface area contributed by atoms with Crippen LogP contribution in [0.25, 0.3) is 0 Å². The first-order valence-electron chi connectivity index (χ1n) is 7.74. The number of nitrogens with zero attached hydrogens (tertiary/aromatic N) is 1. The summed E-state index contributed by atoms with van der Waals surface area (Å²) >= 11 is 0. The van der Waals surface area contributed by atoms with Crippen LogP contribution in [0.1, 0.15) is 37.8 Å². The molecule has 0 radical (unpaired) electrons. The Morgan fingerprint density at radius 3 is 2.38 bits per heavy atom. The minimum atomic E-state index is -3.02. The van der Waals surface area contributed by atoms with Gasteiger partial charge in [-0.15, -0.1) is 0 Å². The summed E-state index contributed by atoms with van der Waals surface area (Å²) < 4.78 is 24.6.